The first-order valence-electron chi connectivity index (χ1n) is 48.7. The van der Waals surface area contributed by atoms with Gasteiger partial charge in [0.15, 0.2) is 0 Å². The first-order chi connectivity index (χ1) is 68.0. The van der Waals surface area contributed by atoms with Crippen molar-refractivity contribution >= 4 is 138 Å². The Morgan fingerprint density at radius 3 is 0.769 bits per heavy atom. The van der Waals surface area contributed by atoms with Gasteiger partial charge in [-0.1, -0.05) is 418 Å². The molecule has 3 heterocycles. The number of nitrogens with one attached hydrogen (secondary N) is 2. The Bertz CT molecular complexity index is 5350. The summed E-state index contributed by atoms with van der Waals surface area (Å²) in [5.41, 5.74) is 3.37. The van der Waals surface area contributed by atoms with Crippen LogP contribution in [0.5, 0.6) is 0 Å². The van der Waals surface area contributed by atoms with Crippen LogP contribution in [0, 0.1) is 0 Å². The molecule has 4 amide bonds. The second-order valence-corrected chi connectivity index (χ2v) is 48.1. The second kappa shape index (κ2) is 55.7. The van der Waals surface area contributed by atoms with Crippen LogP contribution in [-0.2, 0) is 61.8 Å². The minimum absolute atomic E-state index is 0. The SMILES string of the molecule is CC(C)(C)OC(=O)NCc1ccccc1B1OC(C)(C)C(C)(C)O1.CC(C)(C)OC(=O)NCc1ccccc1C1=CN(C(=O)OC(C)(C)C)CCC1.CC1=CN(C(=O)OC(C)(C)C)CCC1.[Pd].c1ccc(P(c2ccccc2)c2ccccc2)cc1.c1ccc(P(c2ccccc2)c2ccccc2)cc1.c1ccc(P(c2ccccc2)c2ccccc2)cc1.c1ccc(P(c2ccccc2)c2ccccc2)cc1. The Morgan fingerprint density at radius 2 is 0.517 bits per heavy atom. The van der Waals surface area contributed by atoms with Gasteiger partial charge in [-0.25, -0.2) is 19.2 Å². The van der Waals surface area contributed by atoms with Gasteiger partial charge >= 0.3 is 31.5 Å². The Balaban J connectivity index is 0.000000172. The number of hydrogen-bond donors (Lipinski definition) is 2. The van der Waals surface area contributed by atoms with Crippen LogP contribution in [0.15, 0.2) is 430 Å². The summed E-state index contributed by atoms with van der Waals surface area (Å²) in [4.78, 5) is 51.2. The number of nitrogens with zero attached hydrogens (tertiary/aromatic N) is 2. The fourth-order valence-corrected chi connectivity index (χ4v) is 24.6. The van der Waals surface area contributed by atoms with Gasteiger partial charge in [0.25, 0.3) is 0 Å². The third-order valence-electron chi connectivity index (χ3n) is 22.5. The van der Waals surface area contributed by atoms with Crippen molar-refractivity contribution in [2.75, 3.05) is 13.1 Å². The molecule has 143 heavy (non-hydrogen) atoms. The number of carbonyl (C=O) groups excluding carboxylic acids is 4. The van der Waals surface area contributed by atoms with E-state index in [0.29, 0.717) is 19.6 Å². The van der Waals surface area contributed by atoms with Crippen molar-refractivity contribution in [3.05, 3.63) is 447 Å². The van der Waals surface area contributed by atoms with Crippen molar-refractivity contribution in [1.29, 1.82) is 0 Å². The topological polar surface area (TPSA) is 154 Å². The van der Waals surface area contributed by atoms with Crippen molar-refractivity contribution in [3.63, 3.8) is 0 Å². The maximum atomic E-state index is 12.4. The van der Waals surface area contributed by atoms with E-state index in [1.807, 2.05) is 179 Å². The molecule has 0 spiro atoms. The molecular formula is C123H139BN4O10P4Pd. The van der Waals surface area contributed by atoms with E-state index >= 15 is 0 Å². The summed E-state index contributed by atoms with van der Waals surface area (Å²) in [6, 6.07) is 145. The average Bonchev–Trinajstić information content (AvgIpc) is 1.62. The molecule has 1 saturated heterocycles. The zero-order chi connectivity index (χ0) is 102. The molecule has 3 aliphatic rings. The summed E-state index contributed by atoms with van der Waals surface area (Å²) >= 11 is 0. The van der Waals surface area contributed by atoms with Crippen LogP contribution in [0.3, 0.4) is 0 Å². The third-order valence-corrected chi connectivity index (χ3v) is 32.3. The van der Waals surface area contributed by atoms with Crippen LogP contribution in [0.4, 0.5) is 19.2 Å². The summed E-state index contributed by atoms with van der Waals surface area (Å²) in [5.74, 6) is 0. The van der Waals surface area contributed by atoms with Gasteiger partial charge in [-0.2, -0.15) is 0 Å². The molecule has 744 valence electrons. The standard InChI is InChI=1S/C22H32N2O4.C18H28BNO4.4C18H15P.C11H19NO2.Pd/c1-21(2,3)27-19(25)23-14-16-10-7-8-12-18(16)17-11-9-13-24(15-17)20(26)28-22(4,5)6;1-16(2,3)22-15(21)20-12-13-10-8-9-11-14(13)19-23-17(4,5)18(6,7)24-19;4*1-4-10-16(11-5-1)19(17-12-6-2-7-13-17)18-14-8-3-9-15-18;1-9-6-5-7-12(8-9)10(13)14-11(2,3)4;/h7-8,10,12,15H,9,11,13-14H2,1-6H3,(H,23,25);8-11H,12H2,1-7H3,(H,20,21);4*1-15H;8H,5-7H2,1-4H3;. The summed E-state index contributed by atoms with van der Waals surface area (Å²) < 4.78 is 33.6. The van der Waals surface area contributed by atoms with Crippen molar-refractivity contribution in [2.24, 2.45) is 0 Å². The molecule has 0 aliphatic carbocycles. The molecule has 0 radical (unpaired) electrons. The van der Waals surface area contributed by atoms with Crippen molar-refractivity contribution in [3.8, 4) is 0 Å². The van der Waals surface area contributed by atoms with Crippen molar-refractivity contribution in [1.82, 2.24) is 20.4 Å². The van der Waals surface area contributed by atoms with E-state index in [1.165, 1.54) is 69.2 Å². The van der Waals surface area contributed by atoms with Crippen LogP contribution in [0.2, 0.25) is 0 Å². The molecule has 14 aromatic carbocycles. The maximum absolute atomic E-state index is 12.4. The quantitative estimate of drug-likeness (QED) is 0.0482. The van der Waals surface area contributed by atoms with E-state index in [4.69, 9.17) is 28.3 Å². The molecule has 3 aliphatic heterocycles. The average molecular weight is 2070 g/mol. The number of benzene rings is 14. The molecular weight excluding hydrogens is 1930 g/mol. The van der Waals surface area contributed by atoms with Gasteiger partial charge in [0.2, 0.25) is 0 Å². The molecule has 0 atom stereocenters. The van der Waals surface area contributed by atoms with E-state index in [9.17, 15) is 19.2 Å². The van der Waals surface area contributed by atoms with Gasteiger partial charge in [0.05, 0.1) is 11.2 Å². The van der Waals surface area contributed by atoms with Gasteiger partial charge in [-0.3, -0.25) is 9.80 Å². The Kier molecular flexibility index (Phi) is 44.0. The van der Waals surface area contributed by atoms with Gasteiger partial charge in [-0.15, -0.1) is 0 Å². The van der Waals surface area contributed by atoms with E-state index in [2.05, 4.69) is 375 Å². The maximum Gasteiger partial charge on any atom is 0.495 e. The number of allylic oxidation sites excluding steroid dienone is 2. The number of ether oxygens (including phenoxy) is 4. The molecule has 0 bridgehead atoms. The van der Waals surface area contributed by atoms with Crippen LogP contribution < -0.4 is 79.8 Å². The number of carbonyl (C=O) groups is 4. The van der Waals surface area contributed by atoms with Crippen LogP contribution >= 0.6 is 31.7 Å². The van der Waals surface area contributed by atoms with Crippen molar-refractivity contribution < 1.29 is 67.9 Å². The Morgan fingerprint density at radius 1 is 0.301 bits per heavy atom. The minimum Gasteiger partial charge on any atom is -0.444 e. The molecule has 0 aromatic heterocycles. The summed E-state index contributed by atoms with van der Waals surface area (Å²) in [7, 11) is -2.24. The van der Waals surface area contributed by atoms with E-state index in [0.717, 1.165) is 60.0 Å². The first kappa shape index (κ1) is 113. The summed E-state index contributed by atoms with van der Waals surface area (Å²) in [6.07, 6.45) is 6.12. The van der Waals surface area contributed by atoms with E-state index < -0.39 is 84.6 Å². The van der Waals surface area contributed by atoms with Gasteiger partial charge in [-0.05, 0) is 266 Å². The largest absolute Gasteiger partial charge is 0.495 e. The van der Waals surface area contributed by atoms with Crippen LogP contribution in [0.1, 0.15) is 160 Å². The predicted molar refractivity (Wildman–Crippen MR) is 601 cm³/mol. The van der Waals surface area contributed by atoms with Crippen LogP contribution in [-0.4, -0.2) is 88.0 Å². The minimum atomic E-state index is -0.538. The molecule has 14 aromatic rings. The molecule has 1 fully saturated rings. The van der Waals surface area contributed by atoms with Gasteiger partial charge in [0.1, 0.15) is 22.4 Å². The number of amides is 4. The zero-order valence-electron chi connectivity index (χ0n) is 85.7. The van der Waals surface area contributed by atoms with Crippen molar-refractivity contribution in [2.45, 2.75) is 190 Å². The normalized spacial score (nSPS) is 13.5. The predicted octanol–water partition coefficient (Wildman–Crippen LogP) is 24.8. The number of alkyl carbamates (subject to hydrolysis) is 2. The Labute approximate surface area is 870 Å². The fraction of sp³-hybridized carbons (Fsp3) is 0.252. The van der Waals surface area contributed by atoms with E-state index in [-0.39, 0.29) is 32.6 Å². The Hall–Kier alpha value is -12.0. The second-order valence-electron chi connectivity index (χ2n) is 39.2. The third kappa shape index (κ3) is 37.3. The number of rotatable bonds is 18. The summed E-state index contributed by atoms with van der Waals surface area (Å²) in [6.45, 7) is 34.5. The fourth-order valence-electron chi connectivity index (χ4n) is 15.4. The molecule has 0 saturated carbocycles. The van der Waals surface area contributed by atoms with Gasteiger partial charge < -0.3 is 38.9 Å². The first-order valence-corrected chi connectivity index (χ1v) is 54.0. The molecule has 14 nitrogen and oxygen atoms in total. The molecule has 0 unspecified atom stereocenters. The van der Waals surface area contributed by atoms with Gasteiger partial charge in [0, 0.05) is 59.0 Å². The molecule has 2 N–H and O–H groups in total. The molecule has 17 rings (SSSR count). The molecule has 20 heteroatoms. The van der Waals surface area contributed by atoms with E-state index in [1.54, 1.807) is 9.80 Å². The van der Waals surface area contributed by atoms with Crippen LogP contribution in [0.25, 0.3) is 5.57 Å². The summed E-state index contributed by atoms with van der Waals surface area (Å²) in [5, 5.41) is 22.4. The smallest absolute Gasteiger partial charge is 0.444 e. The zero-order valence-corrected chi connectivity index (χ0v) is 90.9. The monoisotopic (exact) mass is 2070 g/mol. The number of hydrogen-bond acceptors (Lipinski definition) is 10.